The summed E-state index contributed by atoms with van der Waals surface area (Å²) < 4.78 is 10.8. The molecular weight excluding hydrogens is 396 g/mol. The topological polar surface area (TPSA) is 84.9 Å². The van der Waals surface area contributed by atoms with Gasteiger partial charge in [-0.3, -0.25) is 14.9 Å². The number of barbiturate groups is 1. The van der Waals surface area contributed by atoms with Crippen LogP contribution in [0.15, 0.2) is 48.0 Å². The zero-order valence-electron chi connectivity index (χ0n) is 15.9. The van der Waals surface area contributed by atoms with Crippen molar-refractivity contribution in [1.29, 1.82) is 0 Å². The van der Waals surface area contributed by atoms with E-state index in [4.69, 9.17) is 21.1 Å². The first-order chi connectivity index (χ1) is 13.9. The molecule has 7 nitrogen and oxygen atoms in total. The molecule has 0 aromatic heterocycles. The second-order valence-corrected chi connectivity index (χ2v) is 6.42. The Kier molecular flexibility index (Phi) is 6.19. The zero-order chi connectivity index (χ0) is 21.0. The number of carbonyl (C=O) groups is 3. The Morgan fingerprint density at radius 1 is 1.03 bits per heavy atom. The van der Waals surface area contributed by atoms with Crippen molar-refractivity contribution in [2.75, 3.05) is 18.1 Å². The molecule has 0 bridgehead atoms. The Morgan fingerprint density at radius 2 is 1.79 bits per heavy atom. The number of amides is 4. The van der Waals surface area contributed by atoms with E-state index in [2.05, 4.69) is 5.32 Å². The van der Waals surface area contributed by atoms with Crippen molar-refractivity contribution in [1.82, 2.24) is 5.32 Å². The summed E-state index contributed by atoms with van der Waals surface area (Å²) in [6.45, 7) is 4.56. The lowest BCUT2D eigenvalue weighted by atomic mass is 10.1. The maximum atomic E-state index is 13.0. The molecule has 3 rings (SSSR count). The second-order valence-electron chi connectivity index (χ2n) is 6.01. The summed E-state index contributed by atoms with van der Waals surface area (Å²) >= 11 is 6.18. The number of anilines is 1. The van der Waals surface area contributed by atoms with Crippen LogP contribution in [-0.4, -0.2) is 31.1 Å². The molecule has 0 radical (unpaired) electrons. The van der Waals surface area contributed by atoms with Crippen LogP contribution in [0.5, 0.6) is 11.5 Å². The molecule has 1 fully saturated rings. The fourth-order valence-electron chi connectivity index (χ4n) is 2.82. The maximum Gasteiger partial charge on any atom is 0.335 e. The predicted molar refractivity (Wildman–Crippen MR) is 109 cm³/mol. The summed E-state index contributed by atoms with van der Waals surface area (Å²) in [4.78, 5) is 38.5. The maximum absolute atomic E-state index is 13.0. The third-order valence-corrected chi connectivity index (χ3v) is 4.35. The first-order valence-corrected chi connectivity index (χ1v) is 9.39. The van der Waals surface area contributed by atoms with Crippen LogP contribution in [0.2, 0.25) is 5.02 Å². The average molecular weight is 415 g/mol. The summed E-state index contributed by atoms with van der Waals surface area (Å²) in [5.74, 6) is -0.508. The number of nitrogens with one attached hydrogen (secondary N) is 1. The standard InChI is InChI=1S/C21H19ClN2O5/c1-3-28-15-7-5-6-14(12-15)24-20(26)16(19(25)23-21(24)27)10-13-8-9-18(29-4-2)17(22)11-13/h5-12H,3-4H2,1-2H3,(H,23,25,27)/b16-10+. The van der Waals surface area contributed by atoms with Crippen molar-refractivity contribution in [3.63, 3.8) is 0 Å². The smallest absolute Gasteiger partial charge is 0.335 e. The number of hydrogen-bond acceptors (Lipinski definition) is 5. The molecule has 1 N–H and O–H groups in total. The summed E-state index contributed by atoms with van der Waals surface area (Å²) in [5, 5.41) is 2.54. The molecule has 1 aliphatic rings. The second kappa shape index (κ2) is 8.79. The van der Waals surface area contributed by atoms with Crippen LogP contribution >= 0.6 is 11.6 Å². The van der Waals surface area contributed by atoms with Crippen LogP contribution < -0.4 is 19.7 Å². The molecule has 0 aliphatic carbocycles. The summed E-state index contributed by atoms with van der Waals surface area (Å²) in [6, 6.07) is 10.6. The molecule has 2 aromatic carbocycles. The highest BCUT2D eigenvalue weighted by atomic mass is 35.5. The molecule has 0 unspecified atom stereocenters. The third-order valence-electron chi connectivity index (χ3n) is 4.06. The highest BCUT2D eigenvalue weighted by Gasteiger charge is 2.37. The highest BCUT2D eigenvalue weighted by Crippen LogP contribution is 2.28. The monoisotopic (exact) mass is 414 g/mol. The largest absolute Gasteiger partial charge is 0.494 e. The van der Waals surface area contributed by atoms with Crippen molar-refractivity contribution in [2.45, 2.75) is 13.8 Å². The fraction of sp³-hybridized carbons (Fsp3) is 0.190. The Balaban J connectivity index is 1.96. The van der Waals surface area contributed by atoms with Crippen molar-refractivity contribution in [3.05, 3.63) is 58.6 Å². The van der Waals surface area contributed by atoms with Gasteiger partial charge in [0.25, 0.3) is 11.8 Å². The molecule has 1 saturated heterocycles. The molecule has 150 valence electrons. The molecule has 29 heavy (non-hydrogen) atoms. The van der Waals surface area contributed by atoms with Gasteiger partial charge >= 0.3 is 6.03 Å². The van der Waals surface area contributed by atoms with Crippen LogP contribution in [0.25, 0.3) is 6.08 Å². The van der Waals surface area contributed by atoms with Gasteiger partial charge in [-0.2, -0.15) is 0 Å². The van der Waals surface area contributed by atoms with E-state index in [-0.39, 0.29) is 5.57 Å². The van der Waals surface area contributed by atoms with Gasteiger partial charge in [0.15, 0.2) is 0 Å². The Bertz CT molecular complexity index is 1000. The number of benzene rings is 2. The third kappa shape index (κ3) is 4.41. The van der Waals surface area contributed by atoms with E-state index >= 15 is 0 Å². The average Bonchev–Trinajstić information content (AvgIpc) is 2.68. The minimum absolute atomic E-state index is 0.188. The molecule has 8 heteroatoms. The zero-order valence-corrected chi connectivity index (χ0v) is 16.7. The van der Waals surface area contributed by atoms with Crippen molar-refractivity contribution in [2.24, 2.45) is 0 Å². The molecule has 0 saturated carbocycles. The van der Waals surface area contributed by atoms with Gasteiger partial charge in [0, 0.05) is 6.07 Å². The van der Waals surface area contributed by atoms with Crippen molar-refractivity contribution in [3.8, 4) is 11.5 Å². The van der Waals surface area contributed by atoms with Gasteiger partial charge < -0.3 is 9.47 Å². The van der Waals surface area contributed by atoms with E-state index in [9.17, 15) is 14.4 Å². The molecule has 0 spiro atoms. The van der Waals surface area contributed by atoms with Crippen LogP contribution in [-0.2, 0) is 9.59 Å². The normalized spacial score (nSPS) is 15.5. The van der Waals surface area contributed by atoms with E-state index in [1.54, 1.807) is 42.5 Å². The molecule has 0 atom stereocenters. The minimum atomic E-state index is -0.824. The number of carbonyl (C=O) groups excluding carboxylic acids is 3. The van der Waals surface area contributed by atoms with E-state index < -0.39 is 17.8 Å². The summed E-state index contributed by atoms with van der Waals surface area (Å²) in [5.41, 5.74) is 0.627. The van der Waals surface area contributed by atoms with E-state index in [0.29, 0.717) is 41.0 Å². The van der Waals surface area contributed by atoms with E-state index in [1.165, 1.54) is 6.08 Å². The number of rotatable bonds is 6. The van der Waals surface area contributed by atoms with Gasteiger partial charge in [0.1, 0.15) is 17.1 Å². The lowest BCUT2D eigenvalue weighted by molar-refractivity contribution is -0.122. The SMILES string of the molecule is CCOc1cccc(N2C(=O)NC(=O)/C(=C\c3ccc(OCC)c(Cl)c3)C2=O)c1. The number of ether oxygens (including phenoxy) is 2. The number of imide groups is 2. The number of halogens is 1. The van der Waals surface area contributed by atoms with Gasteiger partial charge in [-0.1, -0.05) is 23.7 Å². The number of urea groups is 1. The lowest BCUT2D eigenvalue weighted by Gasteiger charge is -2.26. The van der Waals surface area contributed by atoms with Gasteiger partial charge in [0.05, 0.1) is 23.9 Å². The molecule has 4 amide bonds. The van der Waals surface area contributed by atoms with Crippen molar-refractivity contribution < 1.29 is 23.9 Å². The number of nitrogens with zero attached hydrogens (tertiary/aromatic N) is 1. The van der Waals surface area contributed by atoms with Crippen LogP contribution in [0.3, 0.4) is 0 Å². The van der Waals surface area contributed by atoms with E-state index in [1.807, 2.05) is 13.8 Å². The van der Waals surface area contributed by atoms with Gasteiger partial charge in [0.2, 0.25) is 0 Å². The summed E-state index contributed by atoms with van der Waals surface area (Å²) in [7, 11) is 0. The van der Waals surface area contributed by atoms with Gasteiger partial charge in [-0.05, 0) is 49.8 Å². The summed E-state index contributed by atoms with van der Waals surface area (Å²) in [6.07, 6.45) is 1.38. The fourth-order valence-corrected chi connectivity index (χ4v) is 3.06. The van der Waals surface area contributed by atoms with Crippen LogP contribution in [0, 0.1) is 0 Å². The highest BCUT2D eigenvalue weighted by molar-refractivity contribution is 6.39. The molecule has 2 aromatic rings. The van der Waals surface area contributed by atoms with E-state index in [0.717, 1.165) is 4.90 Å². The molecule has 1 aliphatic heterocycles. The molecular formula is C21H19ClN2O5. The first kappa shape index (κ1) is 20.4. The van der Waals surface area contributed by atoms with Gasteiger partial charge in [-0.15, -0.1) is 0 Å². The predicted octanol–water partition coefficient (Wildman–Crippen LogP) is 3.80. The Morgan fingerprint density at radius 3 is 2.48 bits per heavy atom. The minimum Gasteiger partial charge on any atom is -0.494 e. The number of hydrogen-bond donors (Lipinski definition) is 1. The first-order valence-electron chi connectivity index (χ1n) is 9.01. The van der Waals surface area contributed by atoms with Gasteiger partial charge in [-0.25, -0.2) is 9.69 Å². The van der Waals surface area contributed by atoms with Crippen molar-refractivity contribution >= 4 is 41.2 Å². The van der Waals surface area contributed by atoms with Crippen LogP contribution in [0.4, 0.5) is 10.5 Å². The quantitative estimate of drug-likeness (QED) is 0.574. The Labute approximate surface area is 172 Å². The lowest BCUT2D eigenvalue weighted by Crippen LogP contribution is -2.54. The Hall–Kier alpha value is -3.32. The molecule has 1 heterocycles. The van der Waals surface area contributed by atoms with Crippen LogP contribution in [0.1, 0.15) is 19.4 Å².